The Balaban J connectivity index is 2.24. The predicted octanol–water partition coefficient (Wildman–Crippen LogP) is 2.33. The van der Waals surface area contributed by atoms with Crippen molar-refractivity contribution in [2.24, 2.45) is 0 Å². The molecule has 0 fully saturated rings. The highest BCUT2D eigenvalue weighted by Crippen LogP contribution is 2.20. The van der Waals surface area contributed by atoms with Crippen molar-refractivity contribution in [2.75, 3.05) is 0 Å². The van der Waals surface area contributed by atoms with Gasteiger partial charge in [0, 0.05) is 5.39 Å². The number of furan rings is 1. The van der Waals surface area contributed by atoms with E-state index < -0.39 is 17.9 Å². The Hall–Kier alpha value is -2.30. The second-order valence-corrected chi connectivity index (χ2v) is 4.42. The van der Waals surface area contributed by atoms with Crippen LogP contribution in [0.4, 0.5) is 0 Å². The molecule has 1 atom stereocenters. The number of hydrogen-bond acceptors (Lipinski definition) is 3. The first-order chi connectivity index (χ1) is 9.01. The van der Waals surface area contributed by atoms with Gasteiger partial charge in [-0.3, -0.25) is 4.79 Å². The van der Waals surface area contributed by atoms with Crippen LogP contribution in [0.25, 0.3) is 11.0 Å². The van der Waals surface area contributed by atoms with Crippen LogP contribution in [0, 0.1) is 6.92 Å². The van der Waals surface area contributed by atoms with Gasteiger partial charge in [0.2, 0.25) is 0 Å². The highest BCUT2D eigenvalue weighted by Gasteiger charge is 2.20. The number of fused-ring (bicyclic) bond motifs is 1. The SMILES string of the molecule is CC[C@H](NC(=O)c1cc2cc(C)ccc2o1)C(=O)O. The van der Waals surface area contributed by atoms with E-state index in [1.807, 2.05) is 19.1 Å². The summed E-state index contributed by atoms with van der Waals surface area (Å²) in [6.07, 6.45) is 0.320. The lowest BCUT2D eigenvalue weighted by molar-refractivity contribution is -0.139. The van der Waals surface area contributed by atoms with Gasteiger partial charge in [0.15, 0.2) is 5.76 Å². The highest BCUT2D eigenvalue weighted by molar-refractivity contribution is 5.97. The molecule has 0 aliphatic rings. The quantitative estimate of drug-likeness (QED) is 0.885. The third-order valence-electron chi connectivity index (χ3n) is 2.91. The minimum atomic E-state index is -1.05. The average Bonchev–Trinajstić information content (AvgIpc) is 2.78. The summed E-state index contributed by atoms with van der Waals surface area (Å²) in [4.78, 5) is 22.8. The Bertz CT molecular complexity index is 629. The number of nitrogens with one attached hydrogen (secondary N) is 1. The normalized spacial score (nSPS) is 12.3. The van der Waals surface area contributed by atoms with Crippen LogP contribution in [0.1, 0.15) is 29.5 Å². The summed E-state index contributed by atoms with van der Waals surface area (Å²) in [7, 11) is 0. The Kier molecular flexibility index (Phi) is 3.55. The Morgan fingerprint density at radius 2 is 2.11 bits per heavy atom. The van der Waals surface area contributed by atoms with Gasteiger partial charge in [-0.25, -0.2) is 4.79 Å². The molecule has 100 valence electrons. The zero-order valence-electron chi connectivity index (χ0n) is 10.8. The van der Waals surface area contributed by atoms with Gasteiger partial charge < -0.3 is 14.8 Å². The van der Waals surface area contributed by atoms with Gasteiger partial charge in [-0.2, -0.15) is 0 Å². The second kappa shape index (κ2) is 5.14. The van der Waals surface area contributed by atoms with E-state index in [0.29, 0.717) is 12.0 Å². The van der Waals surface area contributed by atoms with Gasteiger partial charge in [0.25, 0.3) is 5.91 Å². The van der Waals surface area contributed by atoms with E-state index in [4.69, 9.17) is 9.52 Å². The summed E-state index contributed by atoms with van der Waals surface area (Å²) in [6.45, 7) is 3.64. The topological polar surface area (TPSA) is 79.5 Å². The van der Waals surface area contributed by atoms with Crippen molar-refractivity contribution in [2.45, 2.75) is 26.3 Å². The maximum Gasteiger partial charge on any atom is 0.326 e. The van der Waals surface area contributed by atoms with Gasteiger partial charge in [-0.1, -0.05) is 18.6 Å². The van der Waals surface area contributed by atoms with Crippen molar-refractivity contribution in [1.82, 2.24) is 5.32 Å². The molecule has 0 bridgehead atoms. The molecule has 1 aromatic heterocycles. The lowest BCUT2D eigenvalue weighted by Gasteiger charge is -2.10. The average molecular weight is 261 g/mol. The number of aliphatic carboxylic acids is 1. The van der Waals surface area contributed by atoms with Crippen LogP contribution in [0.15, 0.2) is 28.7 Å². The van der Waals surface area contributed by atoms with E-state index in [0.717, 1.165) is 10.9 Å². The van der Waals surface area contributed by atoms with E-state index >= 15 is 0 Å². The molecule has 0 aliphatic carbocycles. The molecule has 0 aliphatic heterocycles. The zero-order chi connectivity index (χ0) is 14.0. The van der Waals surface area contributed by atoms with Gasteiger partial charge in [0.05, 0.1) is 0 Å². The Labute approximate surface area is 110 Å². The van der Waals surface area contributed by atoms with Crippen molar-refractivity contribution in [1.29, 1.82) is 0 Å². The molecule has 5 nitrogen and oxygen atoms in total. The molecular formula is C14H15NO4. The fourth-order valence-electron chi connectivity index (χ4n) is 1.84. The fourth-order valence-corrected chi connectivity index (χ4v) is 1.84. The number of carboxylic acid groups (broad SMARTS) is 1. The molecule has 0 saturated heterocycles. The molecule has 5 heteroatoms. The summed E-state index contributed by atoms with van der Waals surface area (Å²) >= 11 is 0. The van der Waals surface area contributed by atoms with Crippen molar-refractivity contribution < 1.29 is 19.1 Å². The van der Waals surface area contributed by atoms with Crippen LogP contribution in [0.3, 0.4) is 0 Å². The molecule has 0 saturated carbocycles. The van der Waals surface area contributed by atoms with Crippen molar-refractivity contribution >= 4 is 22.8 Å². The third-order valence-corrected chi connectivity index (χ3v) is 2.91. The molecule has 2 rings (SSSR count). The minimum absolute atomic E-state index is 0.125. The number of carbonyl (C=O) groups excluding carboxylic acids is 1. The number of benzene rings is 1. The zero-order valence-corrected chi connectivity index (χ0v) is 10.8. The lowest BCUT2D eigenvalue weighted by atomic mass is 10.2. The molecule has 1 amide bonds. The van der Waals surface area contributed by atoms with Crippen LogP contribution < -0.4 is 5.32 Å². The van der Waals surface area contributed by atoms with E-state index in [9.17, 15) is 9.59 Å². The van der Waals surface area contributed by atoms with Crippen molar-refractivity contribution in [3.8, 4) is 0 Å². The Morgan fingerprint density at radius 3 is 2.74 bits per heavy atom. The maximum absolute atomic E-state index is 11.9. The minimum Gasteiger partial charge on any atom is -0.480 e. The number of hydrogen-bond donors (Lipinski definition) is 2. The van der Waals surface area contributed by atoms with Crippen LogP contribution >= 0.6 is 0 Å². The number of carbonyl (C=O) groups is 2. The molecule has 0 unspecified atom stereocenters. The van der Waals surface area contributed by atoms with Crippen LogP contribution in [0.5, 0.6) is 0 Å². The van der Waals surface area contributed by atoms with Gasteiger partial charge in [-0.15, -0.1) is 0 Å². The summed E-state index contributed by atoms with van der Waals surface area (Å²) in [5.74, 6) is -1.44. The summed E-state index contributed by atoms with van der Waals surface area (Å²) in [6, 6.07) is 6.30. The van der Waals surface area contributed by atoms with Crippen LogP contribution in [0.2, 0.25) is 0 Å². The molecule has 0 spiro atoms. The van der Waals surface area contributed by atoms with Gasteiger partial charge >= 0.3 is 5.97 Å². The smallest absolute Gasteiger partial charge is 0.326 e. The summed E-state index contributed by atoms with van der Waals surface area (Å²) in [5.41, 5.74) is 1.68. The van der Waals surface area contributed by atoms with Crippen molar-refractivity contribution in [3.63, 3.8) is 0 Å². The first kappa shape index (κ1) is 13.1. The Morgan fingerprint density at radius 1 is 1.37 bits per heavy atom. The van der Waals surface area contributed by atoms with Crippen molar-refractivity contribution in [3.05, 3.63) is 35.6 Å². The van der Waals surface area contributed by atoms with E-state index in [-0.39, 0.29) is 5.76 Å². The molecule has 2 aromatic rings. The molecule has 0 radical (unpaired) electrons. The lowest BCUT2D eigenvalue weighted by Crippen LogP contribution is -2.40. The number of amides is 1. The molecule has 2 N–H and O–H groups in total. The molecule has 1 aromatic carbocycles. The van der Waals surface area contributed by atoms with Crippen LogP contribution in [-0.4, -0.2) is 23.0 Å². The molecular weight excluding hydrogens is 246 g/mol. The summed E-state index contributed by atoms with van der Waals surface area (Å²) < 4.78 is 5.40. The largest absolute Gasteiger partial charge is 0.480 e. The van der Waals surface area contributed by atoms with E-state index in [2.05, 4.69) is 5.32 Å². The first-order valence-corrected chi connectivity index (χ1v) is 6.05. The van der Waals surface area contributed by atoms with Gasteiger partial charge in [0.1, 0.15) is 11.6 Å². The number of rotatable bonds is 4. The number of aryl methyl sites for hydroxylation is 1. The van der Waals surface area contributed by atoms with Gasteiger partial charge in [-0.05, 0) is 31.5 Å². The highest BCUT2D eigenvalue weighted by atomic mass is 16.4. The summed E-state index contributed by atoms with van der Waals surface area (Å²) in [5, 5.41) is 12.2. The molecule has 19 heavy (non-hydrogen) atoms. The fraction of sp³-hybridized carbons (Fsp3) is 0.286. The predicted molar refractivity (Wildman–Crippen MR) is 70.1 cm³/mol. The second-order valence-electron chi connectivity index (χ2n) is 4.42. The standard InChI is InChI=1S/C14H15NO4/c1-3-10(14(17)18)15-13(16)12-7-9-6-8(2)4-5-11(9)19-12/h4-7,10H,3H2,1-2H3,(H,15,16)(H,17,18)/t10-/m0/s1. The van der Waals surface area contributed by atoms with E-state index in [1.165, 1.54) is 0 Å². The van der Waals surface area contributed by atoms with Crippen LogP contribution in [-0.2, 0) is 4.79 Å². The third kappa shape index (κ3) is 2.76. The maximum atomic E-state index is 11.9. The number of carboxylic acids is 1. The monoisotopic (exact) mass is 261 g/mol. The first-order valence-electron chi connectivity index (χ1n) is 6.05. The van der Waals surface area contributed by atoms with E-state index in [1.54, 1.807) is 19.1 Å². The molecule has 1 heterocycles.